The SMILES string of the molecule is O=C(c1ccccc1Cl)N1N=C(c2cccs2)C[C@H]1c1cccc(O)c1. The molecule has 1 amide bonds. The quantitative estimate of drug-likeness (QED) is 0.685. The van der Waals surface area contributed by atoms with Crippen molar-refractivity contribution < 1.29 is 9.90 Å². The Balaban J connectivity index is 1.76. The maximum atomic E-state index is 13.1. The molecule has 0 bridgehead atoms. The van der Waals surface area contributed by atoms with Gasteiger partial charge in [0.25, 0.3) is 5.91 Å². The molecule has 0 fully saturated rings. The largest absolute Gasteiger partial charge is 0.508 e. The Morgan fingerprint density at radius 3 is 2.73 bits per heavy atom. The van der Waals surface area contributed by atoms with Gasteiger partial charge in [-0.25, -0.2) is 5.01 Å². The summed E-state index contributed by atoms with van der Waals surface area (Å²) < 4.78 is 0. The lowest BCUT2D eigenvalue weighted by Crippen LogP contribution is -2.27. The lowest BCUT2D eigenvalue weighted by molar-refractivity contribution is 0.0711. The normalized spacial score (nSPS) is 16.6. The summed E-state index contributed by atoms with van der Waals surface area (Å²) in [7, 11) is 0. The van der Waals surface area contributed by atoms with E-state index in [0.29, 0.717) is 17.0 Å². The van der Waals surface area contributed by atoms with Crippen molar-refractivity contribution in [1.29, 1.82) is 0 Å². The van der Waals surface area contributed by atoms with Gasteiger partial charge in [0, 0.05) is 6.42 Å². The molecule has 0 spiro atoms. The van der Waals surface area contributed by atoms with Crippen LogP contribution in [0.25, 0.3) is 0 Å². The first-order valence-corrected chi connectivity index (χ1v) is 9.37. The zero-order valence-electron chi connectivity index (χ0n) is 13.7. The molecule has 1 atom stereocenters. The second-order valence-electron chi connectivity index (χ2n) is 5.97. The molecule has 0 aliphatic carbocycles. The van der Waals surface area contributed by atoms with Gasteiger partial charge in [-0.3, -0.25) is 4.79 Å². The first-order valence-electron chi connectivity index (χ1n) is 8.12. The molecule has 26 heavy (non-hydrogen) atoms. The maximum absolute atomic E-state index is 13.1. The van der Waals surface area contributed by atoms with Gasteiger partial charge >= 0.3 is 0 Å². The number of hydrogen-bond acceptors (Lipinski definition) is 4. The van der Waals surface area contributed by atoms with Crippen LogP contribution >= 0.6 is 22.9 Å². The van der Waals surface area contributed by atoms with Crippen molar-refractivity contribution in [2.45, 2.75) is 12.5 Å². The zero-order chi connectivity index (χ0) is 18.1. The van der Waals surface area contributed by atoms with Crippen LogP contribution in [-0.2, 0) is 0 Å². The Morgan fingerprint density at radius 2 is 2.00 bits per heavy atom. The van der Waals surface area contributed by atoms with Gasteiger partial charge in [-0.1, -0.05) is 41.9 Å². The van der Waals surface area contributed by atoms with E-state index in [2.05, 4.69) is 5.10 Å². The third kappa shape index (κ3) is 3.11. The van der Waals surface area contributed by atoms with E-state index in [1.807, 2.05) is 23.6 Å². The van der Waals surface area contributed by atoms with Crippen LogP contribution in [0.15, 0.2) is 71.1 Å². The lowest BCUT2D eigenvalue weighted by atomic mass is 10.0. The van der Waals surface area contributed by atoms with E-state index in [1.54, 1.807) is 53.8 Å². The minimum atomic E-state index is -0.289. The predicted octanol–water partition coefficient (Wildman–Crippen LogP) is 5.10. The number of phenolic OH excluding ortho intramolecular Hbond substituents is 1. The number of rotatable bonds is 3. The van der Waals surface area contributed by atoms with Gasteiger partial charge in [-0.15, -0.1) is 11.3 Å². The van der Waals surface area contributed by atoms with Crippen LogP contribution in [0.3, 0.4) is 0 Å². The summed E-state index contributed by atoms with van der Waals surface area (Å²) in [6, 6.07) is 17.6. The number of nitrogens with zero attached hydrogens (tertiary/aromatic N) is 2. The van der Waals surface area contributed by atoms with E-state index in [0.717, 1.165) is 16.2 Å². The van der Waals surface area contributed by atoms with E-state index in [4.69, 9.17) is 11.6 Å². The number of thiophene rings is 1. The topological polar surface area (TPSA) is 52.9 Å². The van der Waals surface area contributed by atoms with E-state index in [9.17, 15) is 9.90 Å². The first kappa shape index (κ1) is 16.8. The van der Waals surface area contributed by atoms with Crippen molar-refractivity contribution in [3.05, 3.63) is 87.1 Å². The van der Waals surface area contributed by atoms with Crippen molar-refractivity contribution in [2.75, 3.05) is 0 Å². The van der Waals surface area contributed by atoms with E-state index in [1.165, 1.54) is 5.01 Å². The van der Waals surface area contributed by atoms with Gasteiger partial charge in [-0.05, 0) is 41.3 Å². The molecule has 4 rings (SSSR count). The van der Waals surface area contributed by atoms with Gasteiger partial charge in [0.15, 0.2) is 0 Å². The first-order chi connectivity index (χ1) is 12.6. The van der Waals surface area contributed by atoms with Crippen LogP contribution < -0.4 is 0 Å². The standard InChI is InChI=1S/C20H15ClN2O2S/c21-16-8-2-1-7-15(16)20(25)23-18(13-5-3-6-14(24)11-13)12-17(22-23)19-9-4-10-26-19/h1-11,18,24H,12H2/t18-/m0/s1. The van der Waals surface area contributed by atoms with Gasteiger partial charge in [0.1, 0.15) is 5.75 Å². The second kappa shape index (κ2) is 6.94. The Bertz CT molecular complexity index is 985. The molecule has 2 aromatic carbocycles. The van der Waals surface area contributed by atoms with E-state index >= 15 is 0 Å². The minimum Gasteiger partial charge on any atom is -0.508 e. The fourth-order valence-corrected chi connectivity index (χ4v) is 3.98. The van der Waals surface area contributed by atoms with E-state index in [-0.39, 0.29) is 17.7 Å². The molecule has 0 saturated carbocycles. The summed E-state index contributed by atoms with van der Waals surface area (Å²) >= 11 is 7.81. The lowest BCUT2D eigenvalue weighted by Gasteiger charge is -2.22. The summed E-state index contributed by atoms with van der Waals surface area (Å²) in [6.07, 6.45) is 0.583. The summed E-state index contributed by atoms with van der Waals surface area (Å²) in [5.41, 5.74) is 2.10. The summed E-state index contributed by atoms with van der Waals surface area (Å²) in [6.45, 7) is 0. The predicted molar refractivity (Wildman–Crippen MR) is 104 cm³/mol. The third-order valence-corrected chi connectivity index (χ3v) is 5.53. The highest BCUT2D eigenvalue weighted by Gasteiger charge is 2.34. The van der Waals surface area contributed by atoms with Gasteiger partial charge in [0.05, 0.1) is 27.2 Å². The summed E-state index contributed by atoms with van der Waals surface area (Å²) in [5.74, 6) is -0.0901. The number of benzene rings is 2. The molecule has 0 unspecified atom stereocenters. The molecule has 1 N–H and O–H groups in total. The molecule has 1 aliphatic heterocycles. The molecule has 4 nitrogen and oxygen atoms in total. The smallest absolute Gasteiger partial charge is 0.276 e. The van der Waals surface area contributed by atoms with Crippen LogP contribution in [-0.4, -0.2) is 21.7 Å². The number of carbonyl (C=O) groups excluding carboxylic acids is 1. The number of aromatic hydroxyl groups is 1. The summed E-state index contributed by atoms with van der Waals surface area (Å²) in [4.78, 5) is 14.2. The molecule has 2 heterocycles. The van der Waals surface area contributed by atoms with Crippen LogP contribution in [0.5, 0.6) is 5.75 Å². The van der Waals surface area contributed by atoms with Crippen molar-refractivity contribution in [2.24, 2.45) is 5.10 Å². The van der Waals surface area contributed by atoms with Crippen molar-refractivity contribution in [3.63, 3.8) is 0 Å². The molecule has 0 saturated heterocycles. The highest BCUT2D eigenvalue weighted by atomic mass is 35.5. The van der Waals surface area contributed by atoms with E-state index < -0.39 is 0 Å². The van der Waals surface area contributed by atoms with Crippen LogP contribution in [0.1, 0.15) is 33.3 Å². The highest BCUT2D eigenvalue weighted by molar-refractivity contribution is 7.12. The van der Waals surface area contributed by atoms with Crippen LogP contribution in [0.4, 0.5) is 0 Å². The summed E-state index contributed by atoms with van der Waals surface area (Å²) in [5, 5.41) is 18.3. The van der Waals surface area contributed by atoms with Crippen LogP contribution in [0.2, 0.25) is 5.02 Å². The average molecular weight is 383 g/mol. The maximum Gasteiger partial charge on any atom is 0.276 e. The van der Waals surface area contributed by atoms with Crippen molar-refractivity contribution in [3.8, 4) is 5.75 Å². The fourth-order valence-electron chi connectivity index (χ4n) is 3.04. The fraction of sp³-hybridized carbons (Fsp3) is 0.100. The Hall–Kier alpha value is -2.63. The second-order valence-corrected chi connectivity index (χ2v) is 7.32. The molecule has 3 aromatic rings. The monoisotopic (exact) mass is 382 g/mol. The number of phenols is 1. The van der Waals surface area contributed by atoms with Gasteiger partial charge in [0.2, 0.25) is 0 Å². The molecule has 130 valence electrons. The average Bonchev–Trinajstić information content (AvgIpc) is 3.31. The number of amides is 1. The Kier molecular flexibility index (Phi) is 4.49. The number of hydrogen-bond donors (Lipinski definition) is 1. The number of halogens is 1. The molecule has 1 aliphatic rings. The third-order valence-electron chi connectivity index (χ3n) is 4.28. The minimum absolute atomic E-state index is 0.164. The number of carbonyl (C=O) groups is 1. The van der Waals surface area contributed by atoms with Gasteiger partial charge in [-0.2, -0.15) is 5.10 Å². The van der Waals surface area contributed by atoms with Crippen molar-refractivity contribution >= 4 is 34.6 Å². The Morgan fingerprint density at radius 1 is 1.15 bits per heavy atom. The molecule has 0 radical (unpaired) electrons. The van der Waals surface area contributed by atoms with Crippen LogP contribution in [0, 0.1) is 0 Å². The molecular formula is C20H15ClN2O2S. The molecule has 1 aromatic heterocycles. The number of hydrazone groups is 1. The van der Waals surface area contributed by atoms with Crippen molar-refractivity contribution in [1.82, 2.24) is 5.01 Å². The molecule has 6 heteroatoms. The van der Waals surface area contributed by atoms with Gasteiger partial charge < -0.3 is 5.11 Å². The zero-order valence-corrected chi connectivity index (χ0v) is 15.2. The molecular weight excluding hydrogens is 368 g/mol. The highest BCUT2D eigenvalue weighted by Crippen LogP contribution is 2.36. The Labute approximate surface area is 160 Å².